The zero-order valence-electron chi connectivity index (χ0n) is 10.3. The SMILES string of the molecule is CSCC[C@@H](N)C(=O)Nc1c(F)ccc(C)c1F. The maximum Gasteiger partial charge on any atom is 0.241 e. The maximum atomic E-state index is 13.6. The monoisotopic (exact) mass is 274 g/mol. The van der Waals surface area contributed by atoms with Crippen LogP contribution in [0.2, 0.25) is 0 Å². The summed E-state index contributed by atoms with van der Waals surface area (Å²) in [6.45, 7) is 1.50. The molecule has 1 aromatic carbocycles. The minimum absolute atomic E-state index is 0.268. The molecule has 6 heteroatoms. The van der Waals surface area contributed by atoms with Gasteiger partial charge in [0.1, 0.15) is 11.5 Å². The van der Waals surface area contributed by atoms with Gasteiger partial charge in [0.05, 0.1) is 6.04 Å². The molecule has 0 aromatic heterocycles. The van der Waals surface area contributed by atoms with E-state index in [9.17, 15) is 13.6 Å². The highest BCUT2D eigenvalue weighted by atomic mass is 32.2. The molecule has 1 atom stereocenters. The van der Waals surface area contributed by atoms with Gasteiger partial charge in [-0.15, -0.1) is 0 Å². The summed E-state index contributed by atoms with van der Waals surface area (Å²) >= 11 is 1.55. The normalized spacial score (nSPS) is 12.3. The standard InChI is InChI=1S/C12H16F2N2OS/c1-7-3-4-8(13)11(10(7)14)16-12(17)9(15)5-6-18-2/h3-4,9H,5-6,15H2,1-2H3,(H,16,17)/t9-/m1/s1. The molecule has 1 rings (SSSR count). The van der Waals surface area contributed by atoms with E-state index in [2.05, 4.69) is 5.32 Å². The Morgan fingerprint density at radius 2 is 2.17 bits per heavy atom. The summed E-state index contributed by atoms with van der Waals surface area (Å²) in [7, 11) is 0. The Kier molecular flexibility index (Phi) is 5.55. The zero-order valence-corrected chi connectivity index (χ0v) is 11.1. The van der Waals surface area contributed by atoms with Crippen LogP contribution in [0.4, 0.5) is 14.5 Å². The van der Waals surface area contributed by atoms with Gasteiger partial charge in [0.2, 0.25) is 5.91 Å². The molecule has 1 amide bonds. The van der Waals surface area contributed by atoms with Gasteiger partial charge in [-0.25, -0.2) is 8.78 Å². The number of aryl methyl sites for hydroxylation is 1. The van der Waals surface area contributed by atoms with E-state index in [0.717, 1.165) is 6.07 Å². The van der Waals surface area contributed by atoms with Crippen LogP contribution in [0.1, 0.15) is 12.0 Å². The molecule has 0 spiro atoms. The van der Waals surface area contributed by atoms with Crippen LogP contribution in [-0.4, -0.2) is 24.0 Å². The van der Waals surface area contributed by atoms with Gasteiger partial charge in [-0.1, -0.05) is 6.07 Å². The number of benzene rings is 1. The first-order valence-corrected chi connectivity index (χ1v) is 6.86. The van der Waals surface area contributed by atoms with Gasteiger partial charge in [0.15, 0.2) is 5.82 Å². The second-order valence-corrected chi connectivity index (χ2v) is 4.92. The smallest absolute Gasteiger partial charge is 0.241 e. The van der Waals surface area contributed by atoms with Crippen molar-refractivity contribution < 1.29 is 13.6 Å². The molecule has 1 aromatic rings. The fraction of sp³-hybridized carbons (Fsp3) is 0.417. The van der Waals surface area contributed by atoms with Gasteiger partial charge in [-0.05, 0) is 37.0 Å². The largest absolute Gasteiger partial charge is 0.320 e. The van der Waals surface area contributed by atoms with Gasteiger partial charge < -0.3 is 11.1 Å². The molecule has 18 heavy (non-hydrogen) atoms. The number of amides is 1. The third-order valence-electron chi connectivity index (χ3n) is 2.50. The Balaban J connectivity index is 2.79. The zero-order chi connectivity index (χ0) is 13.7. The van der Waals surface area contributed by atoms with Crippen LogP contribution in [0, 0.1) is 18.6 Å². The van der Waals surface area contributed by atoms with Crippen LogP contribution >= 0.6 is 11.8 Å². The molecule has 100 valence electrons. The first-order chi connectivity index (χ1) is 8.47. The van der Waals surface area contributed by atoms with Crippen molar-refractivity contribution in [2.45, 2.75) is 19.4 Å². The molecule has 0 heterocycles. The summed E-state index contributed by atoms with van der Waals surface area (Å²) in [5.74, 6) is -1.43. The molecule has 0 saturated carbocycles. The Morgan fingerprint density at radius 3 is 2.78 bits per heavy atom. The first kappa shape index (κ1) is 14.9. The molecule has 0 radical (unpaired) electrons. The van der Waals surface area contributed by atoms with E-state index in [-0.39, 0.29) is 5.56 Å². The van der Waals surface area contributed by atoms with E-state index in [0.29, 0.717) is 12.2 Å². The summed E-state index contributed by atoms with van der Waals surface area (Å²) in [4.78, 5) is 11.7. The van der Waals surface area contributed by atoms with Gasteiger partial charge in [0.25, 0.3) is 0 Å². The Labute approximate surface area is 109 Å². The highest BCUT2D eigenvalue weighted by Crippen LogP contribution is 2.21. The number of hydrogen-bond donors (Lipinski definition) is 2. The maximum absolute atomic E-state index is 13.6. The highest BCUT2D eigenvalue weighted by Gasteiger charge is 2.18. The van der Waals surface area contributed by atoms with E-state index in [1.807, 2.05) is 6.26 Å². The van der Waals surface area contributed by atoms with Crippen molar-refractivity contribution in [2.75, 3.05) is 17.3 Å². The molecule has 0 aliphatic heterocycles. The average molecular weight is 274 g/mol. The van der Waals surface area contributed by atoms with Gasteiger partial charge in [-0.3, -0.25) is 4.79 Å². The summed E-state index contributed by atoms with van der Waals surface area (Å²) in [5, 5.41) is 2.20. The van der Waals surface area contributed by atoms with E-state index in [1.165, 1.54) is 13.0 Å². The van der Waals surface area contributed by atoms with Gasteiger partial charge >= 0.3 is 0 Å². The van der Waals surface area contributed by atoms with Crippen molar-refractivity contribution in [1.29, 1.82) is 0 Å². The summed E-state index contributed by atoms with van der Waals surface area (Å²) in [6.07, 6.45) is 2.35. The van der Waals surface area contributed by atoms with Crippen molar-refractivity contribution in [3.05, 3.63) is 29.3 Å². The Bertz CT molecular complexity index is 440. The van der Waals surface area contributed by atoms with Crippen molar-refractivity contribution in [2.24, 2.45) is 5.73 Å². The van der Waals surface area contributed by atoms with E-state index in [1.54, 1.807) is 11.8 Å². The number of rotatable bonds is 5. The van der Waals surface area contributed by atoms with E-state index >= 15 is 0 Å². The fourth-order valence-electron chi connectivity index (χ4n) is 1.36. The summed E-state index contributed by atoms with van der Waals surface area (Å²) in [6, 6.07) is 1.66. The lowest BCUT2D eigenvalue weighted by Crippen LogP contribution is -2.36. The lowest BCUT2D eigenvalue weighted by atomic mass is 10.1. The molecule has 3 nitrogen and oxygen atoms in total. The lowest BCUT2D eigenvalue weighted by Gasteiger charge is -2.13. The molecular formula is C12H16F2N2OS. The number of nitrogens with two attached hydrogens (primary N) is 1. The van der Waals surface area contributed by atoms with Crippen LogP contribution in [0.5, 0.6) is 0 Å². The molecular weight excluding hydrogens is 258 g/mol. The van der Waals surface area contributed by atoms with Crippen molar-refractivity contribution in [3.63, 3.8) is 0 Å². The Hall–Kier alpha value is -1.14. The second-order valence-electron chi connectivity index (χ2n) is 3.93. The minimum Gasteiger partial charge on any atom is -0.320 e. The van der Waals surface area contributed by atoms with Crippen LogP contribution in [-0.2, 0) is 4.79 Å². The molecule has 0 unspecified atom stereocenters. The van der Waals surface area contributed by atoms with Crippen molar-refractivity contribution in [3.8, 4) is 0 Å². The fourth-order valence-corrected chi connectivity index (χ4v) is 1.85. The highest BCUT2D eigenvalue weighted by molar-refractivity contribution is 7.98. The first-order valence-electron chi connectivity index (χ1n) is 5.47. The third-order valence-corrected chi connectivity index (χ3v) is 3.15. The quantitative estimate of drug-likeness (QED) is 0.866. The minimum atomic E-state index is -0.802. The number of carbonyl (C=O) groups excluding carboxylic acids is 1. The molecule has 3 N–H and O–H groups in total. The van der Waals surface area contributed by atoms with E-state index < -0.39 is 29.3 Å². The van der Waals surface area contributed by atoms with Crippen LogP contribution in [0.15, 0.2) is 12.1 Å². The van der Waals surface area contributed by atoms with E-state index in [4.69, 9.17) is 5.73 Å². The number of anilines is 1. The lowest BCUT2D eigenvalue weighted by molar-refractivity contribution is -0.117. The van der Waals surface area contributed by atoms with Crippen molar-refractivity contribution >= 4 is 23.4 Å². The predicted octanol–water partition coefficient (Wildman–Crippen LogP) is 2.29. The summed E-state index contributed by atoms with van der Waals surface area (Å²) in [5.41, 5.74) is 5.46. The van der Waals surface area contributed by atoms with Crippen LogP contribution in [0.25, 0.3) is 0 Å². The van der Waals surface area contributed by atoms with Crippen molar-refractivity contribution in [1.82, 2.24) is 0 Å². The summed E-state index contributed by atoms with van der Waals surface area (Å²) < 4.78 is 27.0. The number of thioether (sulfide) groups is 1. The van der Waals surface area contributed by atoms with Crippen LogP contribution in [0.3, 0.4) is 0 Å². The molecule has 0 bridgehead atoms. The van der Waals surface area contributed by atoms with Gasteiger partial charge in [0, 0.05) is 0 Å². The number of carbonyl (C=O) groups is 1. The average Bonchev–Trinajstić information content (AvgIpc) is 2.36. The number of hydrogen-bond acceptors (Lipinski definition) is 3. The number of halogens is 2. The molecule has 0 fully saturated rings. The number of nitrogens with one attached hydrogen (secondary N) is 1. The Morgan fingerprint density at radius 1 is 1.50 bits per heavy atom. The molecule has 0 aliphatic carbocycles. The molecule has 0 aliphatic rings. The topological polar surface area (TPSA) is 55.1 Å². The second kappa shape index (κ2) is 6.70. The predicted molar refractivity (Wildman–Crippen MR) is 70.7 cm³/mol. The van der Waals surface area contributed by atoms with Gasteiger partial charge in [-0.2, -0.15) is 11.8 Å². The molecule has 0 saturated heterocycles. The van der Waals surface area contributed by atoms with Crippen LogP contribution < -0.4 is 11.1 Å². The third kappa shape index (κ3) is 3.68.